The molecule has 0 aliphatic carbocycles. The molecule has 1 aromatic heterocycles. The molecule has 0 spiro atoms. The van der Waals surface area contributed by atoms with Crippen LogP contribution in [0, 0.1) is 6.92 Å². The molecule has 0 aliphatic heterocycles. The van der Waals surface area contributed by atoms with Gasteiger partial charge >= 0.3 is 0 Å². The summed E-state index contributed by atoms with van der Waals surface area (Å²) in [5.74, 6) is 0.00820. The number of aryl methyl sites for hydroxylation is 1. The van der Waals surface area contributed by atoms with Crippen molar-refractivity contribution in [2.45, 2.75) is 13.5 Å². The van der Waals surface area contributed by atoms with Crippen molar-refractivity contribution in [3.63, 3.8) is 0 Å². The Morgan fingerprint density at radius 2 is 1.88 bits per heavy atom. The van der Waals surface area contributed by atoms with Crippen LogP contribution in [0.4, 0.5) is 0 Å². The molecule has 2 rings (SSSR count). The number of hydrogen-bond acceptors (Lipinski definition) is 2. The SMILES string of the molecule is Cc1cc(O)n(Cc2ccccc2)c(=O)c1. The van der Waals surface area contributed by atoms with Crippen molar-refractivity contribution in [1.82, 2.24) is 4.57 Å². The quantitative estimate of drug-likeness (QED) is 0.831. The van der Waals surface area contributed by atoms with Gasteiger partial charge in [0.1, 0.15) is 0 Å². The lowest BCUT2D eigenvalue weighted by Crippen LogP contribution is -2.19. The van der Waals surface area contributed by atoms with Crippen molar-refractivity contribution in [3.05, 3.63) is 63.9 Å². The Morgan fingerprint density at radius 3 is 2.50 bits per heavy atom. The van der Waals surface area contributed by atoms with E-state index in [1.54, 1.807) is 13.0 Å². The molecule has 0 saturated heterocycles. The number of aromatic nitrogens is 1. The van der Waals surface area contributed by atoms with Crippen LogP contribution >= 0.6 is 0 Å². The van der Waals surface area contributed by atoms with Gasteiger partial charge in [-0.15, -0.1) is 0 Å². The smallest absolute Gasteiger partial charge is 0.253 e. The fraction of sp³-hybridized carbons (Fsp3) is 0.154. The summed E-state index contributed by atoms with van der Waals surface area (Å²) in [7, 11) is 0. The molecule has 0 aliphatic rings. The summed E-state index contributed by atoms with van der Waals surface area (Å²) in [6.45, 7) is 2.18. The molecule has 1 aromatic carbocycles. The van der Waals surface area contributed by atoms with E-state index in [1.165, 1.54) is 10.6 Å². The lowest BCUT2D eigenvalue weighted by molar-refractivity contribution is 0.414. The Morgan fingerprint density at radius 1 is 1.19 bits per heavy atom. The van der Waals surface area contributed by atoms with Gasteiger partial charge in [0.2, 0.25) is 0 Å². The molecule has 0 amide bonds. The summed E-state index contributed by atoms with van der Waals surface area (Å²) in [6, 6.07) is 12.7. The number of benzene rings is 1. The topological polar surface area (TPSA) is 42.2 Å². The molecule has 1 N–H and O–H groups in total. The van der Waals surface area contributed by atoms with Crippen LogP contribution < -0.4 is 5.56 Å². The molecular formula is C13H13NO2. The monoisotopic (exact) mass is 215 g/mol. The molecule has 3 nitrogen and oxygen atoms in total. The van der Waals surface area contributed by atoms with E-state index in [4.69, 9.17) is 0 Å². The van der Waals surface area contributed by atoms with Crippen molar-refractivity contribution < 1.29 is 5.11 Å². The summed E-state index contributed by atoms with van der Waals surface area (Å²) in [5.41, 5.74) is 1.58. The van der Waals surface area contributed by atoms with Crippen LogP contribution in [0.15, 0.2) is 47.3 Å². The van der Waals surface area contributed by atoms with E-state index in [9.17, 15) is 9.90 Å². The van der Waals surface area contributed by atoms with E-state index in [2.05, 4.69) is 0 Å². The zero-order valence-corrected chi connectivity index (χ0v) is 9.05. The highest BCUT2D eigenvalue weighted by atomic mass is 16.3. The molecule has 0 saturated carbocycles. The first kappa shape index (κ1) is 10.5. The highest BCUT2D eigenvalue weighted by Gasteiger charge is 2.04. The minimum Gasteiger partial charge on any atom is -0.494 e. The first-order chi connectivity index (χ1) is 7.66. The maximum atomic E-state index is 11.7. The second-order valence-electron chi connectivity index (χ2n) is 3.80. The van der Waals surface area contributed by atoms with Crippen LogP contribution in [0.2, 0.25) is 0 Å². The highest BCUT2D eigenvalue weighted by Crippen LogP contribution is 2.10. The van der Waals surface area contributed by atoms with Crippen molar-refractivity contribution in [1.29, 1.82) is 0 Å². The van der Waals surface area contributed by atoms with E-state index in [1.807, 2.05) is 30.3 Å². The molecule has 0 atom stereocenters. The van der Waals surface area contributed by atoms with Crippen molar-refractivity contribution in [2.24, 2.45) is 0 Å². The first-order valence-corrected chi connectivity index (χ1v) is 5.11. The summed E-state index contributed by atoms with van der Waals surface area (Å²) >= 11 is 0. The Hall–Kier alpha value is -2.03. The predicted molar refractivity (Wildman–Crippen MR) is 62.6 cm³/mol. The van der Waals surface area contributed by atoms with Crippen LogP contribution in [-0.4, -0.2) is 9.67 Å². The van der Waals surface area contributed by atoms with Gasteiger partial charge in [-0.2, -0.15) is 0 Å². The van der Waals surface area contributed by atoms with Gasteiger partial charge in [-0.3, -0.25) is 9.36 Å². The normalized spacial score (nSPS) is 10.3. The molecule has 0 fully saturated rings. The number of pyridine rings is 1. The van der Waals surface area contributed by atoms with Crippen LogP contribution in [0.5, 0.6) is 5.88 Å². The molecule has 1 heterocycles. The van der Waals surface area contributed by atoms with Crippen LogP contribution in [0.1, 0.15) is 11.1 Å². The van der Waals surface area contributed by atoms with Crippen molar-refractivity contribution in [2.75, 3.05) is 0 Å². The van der Waals surface area contributed by atoms with Crippen molar-refractivity contribution in [3.8, 4) is 5.88 Å². The number of nitrogens with zero attached hydrogens (tertiary/aromatic N) is 1. The van der Waals surface area contributed by atoms with Gasteiger partial charge in [-0.1, -0.05) is 30.3 Å². The number of rotatable bonds is 2. The van der Waals surface area contributed by atoms with Gasteiger partial charge in [0, 0.05) is 12.1 Å². The Labute approximate surface area is 93.6 Å². The minimum atomic E-state index is -0.179. The third-order valence-corrected chi connectivity index (χ3v) is 2.43. The molecule has 0 unspecified atom stereocenters. The minimum absolute atomic E-state index is 0.00820. The van der Waals surface area contributed by atoms with Gasteiger partial charge in [-0.05, 0) is 18.1 Å². The summed E-state index contributed by atoms with van der Waals surface area (Å²) < 4.78 is 1.35. The van der Waals surface area contributed by atoms with E-state index in [0.717, 1.165) is 11.1 Å². The second kappa shape index (κ2) is 4.23. The van der Waals surface area contributed by atoms with E-state index in [-0.39, 0.29) is 11.4 Å². The van der Waals surface area contributed by atoms with E-state index in [0.29, 0.717) is 6.54 Å². The Bertz CT molecular complexity index is 544. The number of hydrogen-bond donors (Lipinski definition) is 1. The third-order valence-electron chi connectivity index (χ3n) is 2.43. The third kappa shape index (κ3) is 2.14. The summed E-state index contributed by atoms with van der Waals surface area (Å²) in [4.78, 5) is 11.7. The lowest BCUT2D eigenvalue weighted by Gasteiger charge is -2.08. The van der Waals surface area contributed by atoms with Gasteiger partial charge in [0.05, 0.1) is 6.54 Å². The lowest BCUT2D eigenvalue weighted by atomic mass is 10.2. The largest absolute Gasteiger partial charge is 0.494 e. The van der Waals surface area contributed by atoms with E-state index < -0.39 is 0 Å². The fourth-order valence-corrected chi connectivity index (χ4v) is 1.63. The number of aromatic hydroxyl groups is 1. The first-order valence-electron chi connectivity index (χ1n) is 5.11. The molecule has 82 valence electrons. The molecule has 0 radical (unpaired) electrons. The molecular weight excluding hydrogens is 202 g/mol. The van der Waals surface area contributed by atoms with Crippen LogP contribution in [-0.2, 0) is 6.54 Å². The zero-order chi connectivity index (χ0) is 11.5. The maximum absolute atomic E-state index is 11.7. The molecule has 16 heavy (non-hydrogen) atoms. The molecule has 0 bridgehead atoms. The summed E-state index contributed by atoms with van der Waals surface area (Å²) in [5, 5.41) is 9.70. The van der Waals surface area contributed by atoms with Crippen LogP contribution in [0.25, 0.3) is 0 Å². The Kier molecular flexibility index (Phi) is 2.77. The predicted octanol–water partition coefficient (Wildman–Crippen LogP) is 1.91. The average molecular weight is 215 g/mol. The van der Waals surface area contributed by atoms with Gasteiger partial charge in [-0.25, -0.2) is 0 Å². The zero-order valence-electron chi connectivity index (χ0n) is 9.05. The van der Waals surface area contributed by atoms with Gasteiger partial charge in [0.15, 0.2) is 5.88 Å². The average Bonchev–Trinajstić information content (AvgIpc) is 2.25. The molecule has 2 aromatic rings. The van der Waals surface area contributed by atoms with E-state index >= 15 is 0 Å². The fourth-order valence-electron chi connectivity index (χ4n) is 1.63. The second-order valence-corrected chi connectivity index (χ2v) is 3.80. The highest BCUT2D eigenvalue weighted by molar-refractivity contribution is 5.22. The van der Waals surface area contributed by atoms with Crippen molar-refractivity contribution >= 4 is 0 Å². The summed E-state index contributed by atoms with van der Waals surface area (Å²) in [6.07, 6.45) is 0. The standard InChI is InChI=1S/C13H13NO2/c1-10-7-12(15)14(13(16)8-10)9-11-5-3-2-4-6-11/h2-8,15H,9H2,1H3. The van der Waals surface area contributed by atoms with Gasteiger partial charge in [0.25, 0.3) is 5.56 Å². The van der Waals surface area contributed by atoms with Crippen LogP contribution in [0.3, 0.4) is 0 Å². The maximum Gasteiger partial charge on any atom is 0.253 e. The molecule has 3 heteroatoms. The van der Waals surface area contributed by atoms with Gasteiger partial charge < -0.3 is 5.11 Å². The Balaban J connectivity index is 2.39.